The number of aromatic nitrogens is 1. The fraction of sp³-hybridized carbons (Fsp3) is 0.0588. The highest BCUT2D eigenvalue weighted by atomic mass is 35.5. The van der Waals surface area contributed by atoms with E-state index >= 15 is 0 Å². The van der Waals surface area contributed by atoms with Crippen molar-refractivity contribution >= 4 is 63.2 Å². The molecule has 0 fully saturated rings. The van der Waals surface area contributed by atoms with E-state index in [-0.39, 0.29) is 6.54 Å². The Labute approximate surface area is 158 Å². The summed E-state index contributed by atoms with van der Waals surface area (Å²) >= 11 is 17.8. The van der Waals surface area contributed by atoms with Crippen LogP contribution in [0.15, 0.2) is 42.5 Å². The number of hydrogen-bond acceptors (Lipinski definition) is 2. The monoisotopic (exact) mass is 395 g/mol. The van der Waals surface area contributed by atoms with E-state index in [9.17, 15) is 9.59 Å². The molecular weight excluding hydrogens is 385 g/mol. The van der Waals surface area contributed by atoms with Crippen LogP contribution in [0.4, 0.5) is 5.69 Å². The fourth-order valence-corrected chi connectivity index (χ4v) is 2.77. The normalized spacial score (nSPS) is 10.7. The maximum Gasteiger partial charge on any atom is 0.268 e. The van der Waals surface area contributed by atoms with Gasteiger partial charge in [-0.25, -0.2) is 0 Å². The predicted octanol–water partition coefficient (Wildman–Crippen LogP) is 4.50. The van der Waals surface area contributed by atoms with Gasteiger partial charge in [0.05, 0.1) is 17.3 Å². The Morgan fingerprint density at radius 3 is 2.48 bits per heavy atom. The summed E-state index contributed by atoms with van der Waals surface area (Å²) in [5.74, 6) is -0.823. The maximum absolute atomic E-state index is 12.2. The first-order chi connectivity index (χ1) is 11.9. The van der Waals surface area contributed by atoms with Crippen LogP contribution in [-0.2, 0) is 4.79 Å². The molecule has 0 radical (unpaired) electrons. The van der Waals surface area contributed by atoms with Crippen molar-refractivity contribution in [1.29, 1.82) is 0 Å². The number of rotatable bonds is 4. The highest BCUT2D eigenvalue weighted by Gasteiger charge is 2.12. The number of carbonyl (C=O) groups excluding carboxylic acids is 2. The average Bonchev–Trinajstić information content (AvgIpc) is 2.99. The third-order valence-corrected chi connectivity index (χ3v) is 4.24. The van der Waals surface area contributed by atoms with Gasteiger partial charge in [-0.1, -0.05) is 40.9 Å². The number of hydrogen-bond donors (Lipinski definition) is 3. The molecule has 8 heteroatoms. The van der Waals surface area contributed by atoms with Gasteiger partial charge in [-0.05, 0) is 36.4 Å². The van der Waals surface area contributed by atoms with E-state index in [1.54, 1.807) is 36.4 Å². The lowest BCUT2D eigenvalue weighted by Crippen LogP contribution is -2.33. The Morgan fingerprint density at radius 2 is 1.68 bits per heavy atom. The van der Waals surface area contributed by atoms with Crippen LogP contribution in [0.1, 0.15) is 10.5 Å². The number of nitrogens with one attached hydrogen (secondary N) is 3. The zero-order valence-corrected chi connectivity index (χ0v) is 15.0. The highest BCUT2D eigenvalue weighted by molar-refractivity contribution is 6.35. The van der Waals surface area contributed by atoms with Crippen molar-refractivity contribution in [1.82, 2.24) is 10.3 Å². The lowest BCUT2D eigenvalue weighted by molar-refractivity contribution is -0.115. The second-order valence-electron chi connectivity index (χ2n) is 5.27. The van der Waals surface area contributed by atoms with E-state index < -0.39 is 11.8 Å². The van der Waals surface area contributed by atoms with E-state index in [1.165, 1.54) is 6.07 Å². The number of halogens is 3. The van der Waals surface area contributed by atoms with Crippen LogP contribution in [0.25, 0.3) is 10.9 Å². The van der Waals surface area contributed by atoms with Crippen molar-refractivity contribution in [3.8, 4) is 0 Å². The molecule has 0 saturated heterocycles. The number of aromatic amines is 1. The van der Waals surface area contributed by atoms with Crippen LogP contribution in [0, 0.1) is 0 Å². The van der Waals surface area contributed by atoms with Crippen LogP contribution in [0.2, 0.25) is 15.1 Å². The third-order valence-electron chi connectivity index (χ3n) is 3.44. The molecule has 5 nitrogen and oxygen atoms in total. The van der Waals surface area contributed by atoms with Crippen molar-refractivity contribution in [2.75, 3.05) is 11.9 Å². The number of benzene rings is 2. The summed E-state index contributed by atoms with van der Waals surface area (Å²) in [5, 5.41) is 7.35. The van der Waals surface area contributed by atoms with Crippen molar-refractivity contribution in [2.24, 2.45) is 0 Å². The quantitative estimate of drug-likeness (QED) is 0.607. The van der Waals surface area contributed by atoms with Crippen LogP contribution in [0.3, 0.4) is 0 Å². The predicted molar refractivity (Wildman–Crippen MR) is 101 cm³/mol. The first-order valence-electron chi connectivity index (χ1n) is 7.24. The first kappa shape index (κ1) is 17.6. The van der Waals surface area contributed by atoms with Crippen LogP contribution in [0.5, 0.6) is 0 Å². The summed E-state index contributed by atoms with van der Waals surface area (Å²) in [6, 6.07) is 11.7. The molecule has 0 aliphatic carbocycles. The van der Waals surface area contributed by atoms with Crippen LogP contribution in [-0.4, -0.2) is 23.3 Å². The Hall–Kier alpha value is -2.21. The molecule has 3 N–H and O–H groups in total. The van der Waals surface area contributed by atoms with E-state index in [4.69, 9.17) is 34.8 Å². The van der Waals surface area contributed by atoms with Crippen LogP contribution >= 0.6 is 34.8 Å². The van der Waals surface area contributed by atoms with E-state index in [2.05, 4.69) is 15.6 Å². The summed E-state index contributed by atoms with van der Waals surface area (Å²) in [7, 11) is 0. The first-order valence-corrected chi connectivity index (χ1v) is 8.37. The molecule has 0 spiro atoms. The van der Waals surface area contributed by atoms with E-state index in [1.807, 2.05) is 0 Å². The topological polar surface area (TPSA) is 74.0 Å². The Kier molecular flexibility index (Phi) is 5.18. The standard InChI is InChI=1S/C17H12Cl3N3O2/c18-10-2-1-9-5-15(22-13(9)6-10)17(25)21-8-16(24)23-14-7-11(19)3-4-12(14)20/h1-7,22H,8H2,(H,21,25)(H,23,24). The van der Waals surface area contributed by atoms with Gasteiger partial charge in [-0.15, -0.1) is 0 Å². The van der Waals surface area contributed by atoms with Crippen molar-refractivity contribution < 1.29 is 9.59 Å². The van der Waals surface area contributed by atoms with Gasteiger partial charge in [0.25, 0.3) is 5.91 Å². The highest BCUT2D eigenvalue weighted by Crippen LogP contribution is 2.25. The van der Waals surface area contributed by atoms with Crippen molar-refractivity contribution in [3.05, 3.63) is 63.2 Å². The summed E-state index contributed by atoms with van der Waals surface area (Å²) in [4.78, 5) is 27.1. The number of fused-ring (bicyclic) bond motifs is 1. The lowest BCUT2D eigenvalue weighted by atomic mass is 10.2. The summed E-state index contributed by atoms with van der Waals surface area (Å²) in [5.41, 5.74) is 1.47. The molecule has 1 aromatic heterocycles. The Balaban J connectivity index is 1.62. The molecule has 2 aromatic carbocycles. The molecule has 0 aliphatic rings. The molecule has 2 amide bonds. The van der Waals surface area contributed by atoms with Gasteiger partial charge in [0.1, 0.15) is 5.69 Å². The second kappa shape index (κ2) is 7.35. The zero-order chi connectivity index (χ0) is 18.0. The molecular formula is C17H12Cl3N3O2. The van der Waals surface area contributed by atoms with Gasteiger partial charge in [0.2, 0.25) is 5.91 Å². The minimum Gasteiger partial charge on any atom is -0.350 e. The smallest absolute Gasteiger partial charge is 0.268 e. The van der Waals surface area contributed by atoms with Gasteiger partial charge in [-0.2, -0.15) is 0 Å². The molecule has 128 valence electrons. The maximum atomic E-state index is 12.2. The van der Waals surface area contributed by atoms with E-state index in [0.29, 0.717) is 26.4 Å². The molecule has 0 aliphatic heterocycles. The molecule has 1 heterocycles. The molecule has 0 atom stereocenters. The SMILES string of the molecule is O=C(CNC(=O)c1cc2ccc(Cl)cc2[nH]1)Nc1cc(Cl)ccc1Cl. The molecule has 3 aromatic rings. The van der Waals surface area contributed by atoms with Gasteiger partial charge < -0.3 is 15.6 Å². The van der Waals surface area contributed by atoms with Gasteiger partial charge in [0, 0.05) is 20.9 Å². The summed E-state index contributed by atoms with van der Waals surface area (Å²) in [6.07, 6.45) is 0. The van der Waals surface area contributed by atoms with Gasteiger partial charge >= 0.3 is 0 Å². The third kappa shape index (κ3) is 4.25. The largest absolute Gasteiger partial charge is 0.350 e. The minimum absolute atomic E-state index is 0.211. The van der Waals surface area contributed by atoms with Crippen molar-refractivity contribution in [3.63, 3.8) is 0 Å². The molecule has 0 bridgehead atoms. The lowest BCUT2D eigenvalue weighted by Gasteiger charge is -2.08. The molecule has 0 unspecified atom stereocenters. The van der Waals surface area contributed by atoms with E-state index in [0.717, 1.165) is 10.9 Å². The average molecular weight is 397 g/mol. The fourth-order valence-electron chi connectivity index (χ4n) is 2.27. The molecule has 25 heavy (non-hydrogen) atoms. The van der Waals surface area contributed by atoms with Gasteiger partial charge in [-0.3, -0.25) is 9.59 Å². The number of H-pyrrole nitrogens is 1. The molecule has 0 saturated carbocycles. The van der Waals surface area contributed by atoms with Crippen LogP contribution < -0.4 is 10.6 Å². The number of carbonyl (C=O) groups is 2. The number of amides is 2. The Morgan fingerprint density at radius 1 is 0.960 bits per heavy atom. The Bertz CT molecular complexity index is 969. The number of anilines is 1. The summed E-state index contributed by atoms with van der Waals surface area (Å²) in [6.45, 7) is -0.211. The molecule has 3 rings (SSSR count). The second-order valence-corrected chi connectivity index (χ2v) is 6.55. The zero-order valence-electron chi connectivity index (χ0n) is 12.7. The summed E-state index contributed by atoms with van der Waals surface area (Å²) < 4.78 is 0. The van der Waals surface area contributed by atoms with Gasteiger partial charge in [0.15, 0.2) is 0 Å². The van der Waals surface area contributed by atoms with Crippen molar-refractivity contribution in [2.45, 2.75) is 0 Å². The minimum atomic E-state index is -0.420.